The third-order valence-electron chi connectivity index (χ3n) is 6.56. The molecule has 1 fully saturated rings. The molecule has 32 heavy (non-hydrogen) atoms. The molecule has 0 aliphatic heterocycles. The summed E-state index contributed by atoms with van der Waals surface area (Å²) in [5.41, 5.74) is 0.999. The maximum absolute atomic E-state index is 12.0. The van der Waals surface area contributed by atoms with Gasteiger partial charge in [-0.3, -0.25) is 0 Å². The van der Waals surface area contributed by atoms with E-state index >= 15 is 0 Å². The van der Waals surface area contributed by atoms with Gasteiger partial charge in [0.25, 0.3) is 10.2 Å². The van der Waals surface area contributed by atoms with E-state index in [4.69, 9.17) is 0 Å². The summed E-state index contributed by atoms with van der Waals surface area (Å²) < 4.78 is 53.9. The Morgan fingerprint density at radius 2 is 1.59 bits per heavy atom. The molecule has 3 N–H and O–H groups in total. The fourth-order valence-electron chi connectivity index (χ4n) is 3.99. The van der Waals surface area contributed by atoms with E-state index in [1.165, 1.54) is 14.1 Å². The maximum Gasteiger partial charge on any atom is 0.278 e. The fraction of sp³-hybridized carbons (Fsp3) is 0.727. The minimum atomic E-state index is -3.43. The Morgan fingerprint density at radius 3 is 2.09 bits per heavy atom. The summed E-state index contributed by atoms with van der Waals surface area (Å²) in [7, 11) is -3.72. The van der Waals surface area contributed by atoms with Crippen molar-refractivity contribution >= 4 is 20.2 Å². The molecule has 0 saturated heterocycles. The summed E-state index contributed by atoms with van der Waals surface area (Å²) in [4.78, 5) is 0. The highest BCUT2D eigenvalue weighted by Crippen LogP contribution is 2.41. The molecule has 184 valence electrons. The zero-order chi connectivity index (χ0) is 24.2. The van der Waals surface area contributed by atoms with Crippen LogP contribution in [-0.4, -0.2) is 58.7 Å². The molecule has 0 heterocycles. The van der Waals surface area contributed by atoms with Crippen LogP contribution in [0.25, 0.3) is 0 Å². The van der Waals surface area contributed by atoms with Gasteiger partial charge < -0.3 is 5.11 Å². The van der Waals surface area contributed by atoms with Crippen LogP contribution >= 0.6 is 0 Å². The lowest BCUT2D eigenvalue weighted by molar-refractivity contribution is -0.0207. The first-order chi connectivity index (χ1) is 14.8. The van der Waals surface area contributed by atoms with E-state index in [0.717, 1.165) is 28.3 Å². The van der Waals surface area contributed by atoms with Gasteiger partial charge in [0, 0.05) is 27.2 Å². The van der Waals surface area contributed by atoms with E-state index in [1.54, 1.807) is 13.8 Å². The van der Waals surface area contributed by atoms with Crippen molar-refractivity contribution in [1.29, 1.82) is 0 Å². The van der Waals surface area contributed by atoms with E-state index in [1.807, 2.05) is 24.3 Å². The van der Waals surface area contributed by atoms with Gasteiger partial charge in [0.2, 0.25) is 10.0 Å². The highest BCUT2D eigenvalue weighted by Gasteiger charge is 2.36. The van der Waals surface area contributed by atoms with Crippen molar-refractivity contribution in [3.05, 3.63) is 35.4 Å². The summed E-state index contributed by atoms with van der Waals surface area (Å²) >= 11 is 0. The number of hydrogen-bond donors (Lipinski definition) is 3. The van der Waals surface area contributed by atoms with Crippen molar-refractivity contribution in [2.45, 2.75) is 63.7 Å². The topological polar surface area (TPSA) is 116 Å². The van der Waals surface area contributed by atoms with Crippen molar-refractivity contribution in [3.8, 4) is 0 Å². The number of hydrogen-bond acceptors (Lipinski definition) is 5. The van der Waals surface area contributed by atoms with Crippen molar-refractivity contribution < 1.29 is 21.9 Å². The second kappa shape index (κ2) is 10.9. The molecule has 1 aliphatic rings. The summed E-state index contributed by atoms with van der Waals surface area (Å²) in [6.07, 6.45) is 3.53. The Bertz CT molecular complexity index is 936. The molecule has 1 aromatic rings. The number of benzene rings is 1. The molecule has 0 amide bonds. The summed E-state index contributed by atoms with van der Waals surface area (Å²) in [6, 6.07) is 7.73. The lowest BCUT2D eigenvalue weighted by Gasteiger charge is -2.38. The molecule has 1 aromatic carbocycles. The Balaban J connectivity index is 1.87. The Labute approximate surface area is 194 Å². The van der Waals surface area contributed by atoms with Crippen LogP contribution < -0.4 is 9.44 Å². The molecule has 0 aromatic heterocycles. The molecule has 1 atom stereocenters. The summed E-state index contributed by atoms with van der Waals surface area (Å²) in [6.45, 7) is 6.14. The van der Waals surface area contributed by atoms with Gasteiger partial charge in [-0.2, -0.15) is 12.7 Å². The fourth-order valence-corrected chi connectivity index (χ4v) is 5.44. The van der Waals surface area contributed by atoms with Crippen LogP contribution in [0.2, 0.25) is 0 Å². The van der Waals surface area contributed by atoms with Crippen LogP contribution in [0, 0.1) is 11.8 Å². The molecule has 1 unspecified atom stereocenters. The van der Waals surface area contributed by atoms with Crippen LogP contribution in [0.1, 0.15) is 57.6 Å². The standard InChI is InChI=1S/C22H39N3O5S2/c1-17(2)31(27,28)24-16-18(3)20-10-13-22(26,14-11-20)21-8-6-19(7-9-21)12-15-23-32(29,30)25(4)5/h6-9,17-18,20,23-24,26H,10-16H2,1-5H3. The smallest absolute Gasteiger partial charge is 0.278 e. The van der Waals surface area contributed by atoms with Crippen LogP contribution in [0.4, 0.5) is 0 Å². The SMILES string of the molecule is CC(CNS(=O)(=O)C(C)C)C1CCC(O)(c2ccc(CCNS(=O)(=O)N(C)C)cc2)CC1. The van der Waals surface area contributed by atoms with Crippen molar-refractivity contribution in [1.82, 2.24) is 13.7 Å². The van der Waals surface area contributed by atoms with Gasteiger partial charge in [-0.25, -0.2) is 17.9 Å². The number of nitrogens with one attached hydrogen (secondary N) is 2. The van der Waals surface area contributed by atoms with E-state index in [9.17, 15) is 21.9 Å². The molecule has 10 heteroatoms. The molecule has 0 radical (unpaired) electrons. The van der Waals surface area contributed by atoms with Gasteiger partial charge >= 0.3 is 0 Å². The predicted octanol–water partition coefficient (Wildman–Crippen LogP) is 1.97. The van der Waals surface area contributed by atoms with Crippen LogP contribution in [0.5, 0.6) is 0 Å². The van der Waals surface area contributed by atoms with Crippen LogP contribution in [-0.2, 0) is 32.3 Å². The maximum atomic E-state index is 12.0. The molecule has 0 bridgehead atoms. The Morgan fingerprint density at radius 1 is 1.03 bits per heavy atom. The van der Waals surface area contributed by atoms with E-state index in [-0.39, 0.29) is 5.92 Å². The largest absolute Gasteiger partial charge is 0.385 e. The molecular weight excluding hydrogens is 450 g/mol. The lowest BCUT2D eigenvalue weighted by Crippen LogP contribution is -2.38. The molecule has 2 rings (SSSR count). The minimum Gasteiger partial charge on any atom is -0.385 e. The Kier molecular flexibility index (Phi) is 9.29. The summed E-state index contributed by atoms with van der Waals surface area (Å²) in [5, 5.41) is 10.8. The second-order valence-electron chi connectivity index (χ2n) is 9.42. The number of aliphatic hydroxyl groups is 1. The third kappa shape index (κ3) is 7.23. The zero-order valence-electron chi connectivity index (χ0n) is 19.8. The highest BCUT2D eigenvalue weighted by molar-refractivity contribution is 7.90. The molecule has 0 spiro atoms. The molecule has 1 saturated carbocycles. The molecular formula is C22H39N3O5S2. The van der Waals surface area contributed by atoms with Gasteiger partial charge in [-0.05, 0) is 68.9 Å². The van der Waals surface area contributed by atoms with Gasteiger partial charge in [-0.15, -0.1) is 0 Å². The average Bonchev–Trinajstić information content (AvgIpc) is 2.72. The number of sulfonamides is 1. The van der Waals surface area contributed by atoms with Crippen molar-refractivity contribution in [2.75, 3.05) is 27.2 Å². The quantitative estimate of drug-likeness (QED) is 0.439. The minimum absolute atomic E-state index is 0.210. The first-order valence-electron chi connectivity index (χ1n) is 11.2. The average molecular weight is 490 g/mol. The van der Waals surface area contributed by atoms with Crippen LogP contribution in [0.15, 0.2) is 24.3 Å². The number of nitrogens with zero attached hydrogens (tertiary/aromatic N) is 1. The van der Waals surface area contributed by atoms with E-state index < -0.39 is 31.1 Å². The van der Waals surface area contributed by atoms with E-state index in [2.05, 4.69) is 16.4 Å². The first-order valence-corrected chi connectivity index (χ1v) is 14.2. The predicted molar refractivity (Wildman–Crippen MR) is 128 cm³/mol. The monoisotopic (exact) mass is 489 g/mol. The highest BCUT2D eigenvalue weighted by atomic mass is 32.2. The lowest BCUT2D eigenvalue weighted by atomic mass is 9.71. The number of rotatable bonds is 11. The van der Waals surface area contributed by atoms with Crippen molar-refractivity contribution in [2.24, 2.45) is 11.8 Å². The van der Waals surface area contributed by atoms with Gasteiger partial charge in [0.15, 0.2) is 0 Å². The van der Waals surface area contributed by atoms with Gasteiger partial charge in [0.1, 0.15) is 0 Å². The van der Waals surface area contributed by atoms with E-state index in [0.29, 0.717) is 38.3 Å². The zero-order valence-corrected chi connectivity index (χ0v) is 21.5. The normalized spacial score (nSPS) is 23.6. The first kappa shape index (κ1) is 27.2. The summed E-state index contributed by atoms with van der Waals surface area (Å²) in [5.74, 6) is 0.579. The second-order valence-corrected chi connectivity index (χ2v) is 13.7. The molecule has 1 aliphatic carbocycles. The molecule has 8 nitrogen and oxygen atoms in total. The van der Waals surface area contributed by atoms with Crippen LogP contribution in [0.3, 0.4) is 0 Å². The van der Waals surface area contributed by atoms with Gasteiger partial charge in [-0.1, -0.05) is 31.2 Å². The van der Waals surface area contributed by atoms with Gasteiger partial charge in [0.05, 0.1) is 10.9 Å². The van der Waals surface area contributed by atoms with Crippen molar-refractivity contribution in [3.63, 3.8) is 0 Å². The third-order valence-corrected chi connectivity index (χ3v) is 9.90. The Hall–Kier alpha value is -1.04.